The maximum Gasteiger partial charge on any atom is 0.257 e. The van der Waals surface area contributed by atoms with E-state index in [9.17, 15) is 4.79 Å². The van der Waals surface area contributed by atoms with E-state index in [4.69, 9.17) is 4.74 Å². The second-order valence-electron chi connectivity index (χ2n) is 4.57. The summed E-state index contributed by atoms with van der Waals surface area (Å²) < 4.78 is 5.44. The van der Waals surface area contributed by atoms with Gasteiger partial charge in [-0.2, -0.15) is 5.10 Å². The van der Waals surface area contributed by atoms with Crippen LogP contribution in [0.15, 0.2) is 24.5 Å². The first-order chi connectivity index (χ1) is 9.65. The highest BCUT2D eigenvalue weighted by atomic mass is 16.5. The van der Waals surface area contributed by atoms with Crippen molar-refractivity contribution in [1.82, 2.24) is 20.5 Å². The van der Waals surface area contributed by atoms with Crippen molar-refractivity contribution in [2.45, 2.75) is 20.3 Å². The number of carbonyl (C=O) groups excluding carboxylic acids is 1. The molecule has 0 saturated heterocycles. The van der Waals surface area contributed by atoms with Gasteiger partial charge in [-0.15, -0.1) is 0 Å². The molecule has 0 saturated carbocycles. The van der Waals surface area contributed by atoms with Gasteiger partial charge in [-0.05, 0) is 37.1 Å². The summed E-state index contributed by atoms with van der Waals surface area (Å²) in [6.07, 6.45) is 2.06. The van der Waals surface area contributed by atoms with Crippen LogP contribution in [-0.2, 0) is 11.2 Å². The first-order valence-electron chi connectivity index (χ1n) is 6.46. The van der Waals surface area contributed by atoms with Gasteiger partial charge in [0.05, 0.1) is 0 Å². The minimum Gasteiger partial charge on any atom is -0.484 e. The number of nitrogens with zero attached hydrogens (tertiary/aromatic N) is 2. The minimum absolute atomic E-state index is 0.0128. The highest BCUT2D eigenvalue weighted by Gasteiger charge is 2.04. The monoisotopic (exact) mass is 274 g/mol. The summed E-state index contributed by atoms with van der Waals surface area (Å²) in [7, 11) is 0. The molecule has 1 aromatic heterocycles. The Bertz CT molecular complexity index is 567. The fourth-order valence-electron chi connectivity index (χ4n) is 1.68. The van der Waals surface area contributed by atoms with E-state index in [-0.39, 0.29) is 12.5 Å². The normalized spacial score (nSPS) is 10.3. The summed E-state index contributed by atoms with van der Waals surface area (Å²) in [5.74, 6) is 1.31. The molecule has 1 amide bonds. The van der Waals surface area contributed by atoms with Crippen molar-refractivity contribution in [1.29, 1.82) is 0 Å². The number of rotatable bonds is 6. The van der Waals surface area contributed by atoms with Gasteiger partial charge in [-0.3, -0.25) is 9.89 Å². The van der Waals surface area contributed by atoms with E-state index < -0.39 is 0 Å². The lowest BCUT2D eigenvalue weighted by molar-refractivity contribution is -0.123. The third-order valence-electron chi connectivity index (χ3n) is 3.00. The molecule has 1 heterocycles. The molecule has 2 N–H and O–H groups in total. The molecule has 6 heteroatoms. The molecule has 0 aliphatic rings. The van der Waals surface area contributed by atoms with E-state index in [1.165, 1.54) is 11.9 Å². The van der Waals surface area contributed by atoms with Crippen LogP contribution in [0.1, 0.15) is 17.0 Å². The van der Waals surface area contributed by atoms with Gasteiger partial charge in [0.1, 0.15) is 17.9 Å². The SMILES string of the molecule is Cc1ccc(OCC(=O)NCCc2ncn[nH]2)cc1C. The highest BCUT2D eigenvalue weighted by Crippen LogP contribution is 2.16. The average molecular weight is 274 g/mol. The largest absolute Gasteiger partial charge is 0.484 e. The van der Waals surface area contributed by atoms with Crippen molar-refractivity contribution < 1.29 is 9.53 Å². The zero-order valence-electron chi connectivity index (χ0n) is 11.6. The van der Waals surface area contributed by atoms with Crippen LogP contribution in [-0.4, -0.2) is 34.2 Å². The molecule has 20 heavy (non-hydrogen) atoms. The van der Waals surface area contributed by atoms with Crippen molar-refractivity contribution >= 4 is 5.91 Å². The van der Waals surface area contributed by atoms with Gasteiger partial charge in [-0.1, -0.05) is 6.07 Å². The fraction of sp³-hybridized carbons (Fsp3) is 0.357. The minimum atomic E-state index is -0.150. The third kappa shape index (κ3) is 4.08. The van der Waals surface area contributed by atoms with E-state index in [0.717, 1.165) is 11.4 Å². The van der Waals surface area contributed by atoms with Crippen molar-refractivity contribution in [3.8, 4) is 5.75 Å². The van der Waals surface area contributed by atoms with Crippen LogP contribution in [0.3, 0.4) is 0 Å². The van der Waals surface area contributed by atoms with E-state index in [2.05, 4.69) is 20.5 Å². The van der Waals surface area contributed by atoms with Crippen molar-refractivity contribution in [2.24, 2.45) is 0 Å². The standard InChI is InChI=1S/C14H18N4O2/c1-10-3-4-12(7-11(10)2)20-8-14(19)15-6-5-13-16-9-17-18-13/h3-4,7,9H,5-6,8H2,1-2H3,(H,15,19)(H,16,17,18). The Morgan fingerprint density at radius 1 is 1.35 bits per heavy atom. The molecule has 0 radical (unpaired) electrons. The number of aromatic nitrogens is 3. The first kappa shape index (κ1) is 14.0. The third-order valence-corrected chi connectivity index (χ3v) is 3.00. The Kier molecular flexibility index (Phi) is 4.70. The molecule has 6 nitrogen and oxygen atoms in total. The molecule has 0 unspecified atom stereocenters. The molecule has 2 rings (SSSR count). The Morgan fingerprint density at radius 2 is 2.20 bits per heavy atom. The fourth-order valence-corrected chi connectivity index (χ4v) is 1.68. The summed E-state index contributed by atoms with van der Waals surface area (Å²) in [6, 6.07) is 5.77. The van der Waals surface area contributed by atoms with Crippen molar-refractivity contribution in [3.05, 3.63) is 41.5 Å². The second kappa shape index (κ2) is 6.70. The number of H-pyrrole nitrogens is 1. The van der Waals surface area contributed by atoms with E-state index in [0.29, 0.717) is 18.7 Å². The maximum absolute atomic E-state index is 11.6. The summed E-state index contributed by atoms with van der Waals surface area (Å²) in [6.45, 7) is 4.57. The molecular weight excluding hydrogens is 256 g/mol. The number of benzene rings is 1. The van der Waals surface area contributed by atoms with Gasteiger partial charge in [0.15, 0.2) is 6.61 Å². The lowest BCUT2D eigenvalue weighted by Gasteiger charge is -2.08. The molecule has 0 aliphatic carbocycles. The lowest BCUT2D eigenvalue weighted by Crippen LogP contribution is -2.30. The predicted octanol–water partition coefficient (Wildman–Crippen LogP) is 1.16. The van der Waals surface area contributed by atoms with Crippen LogP contribution in [0.4, 0.5) is 0 Å². The number of hydrogen-bond donors (Lipinski definition) is 2. The summed E-state index contributed by atoms with van der Waals surface area (Å²) in [5.41, 5.74) is 2.35. The van der Waals surface area contributed by atoms with Gasteiger partial charge in [0.2, 0.25) is 0 Å². The zero-order chi connectivity index (χ0) is 14.4. The highest BCUT2D eigenvalue weighted by molar-refractivity contribution is 5.77. The molecule has 106 valence electrons. The number of amides is 1. The molecule has 0 aliphatic heterocycles. The Balaban J connectivity index is 1.70. The number of aryl methyl sites for hydroxylation is 2. The summed E-state index contributed by atoms with van der Waals surface area (Å²) >= 11 is 0. The van der Waals surface area contributed by atoms with Crippen LogP contribution in [0.2, 0.25) is 0 Å². The van der Waals surface area contributed by atoms with E-state index >= 15 is 0 Å². The molecule has 0 spiro atoms. The second-order valence-corrected chi connectivity index (χ2v) is 4.57. The van der Waals surface area contributed by atoms with Crippen LogP contribution in [0.5, 0.6) is 5.75 Å². The van der Waals surface area contributed by atoms with E-state index in [1.54, 1.807) is 0 Å². The maximum atomic E-state index is 11.6. The van der Waals surface area contributed by atoms with E-state index in [1.807, 2.05) is 32.0 Å². The van der Waals surface area contributed by atoms with Gasteiger partial charge in [0, 0.05) is 13.0 Å². The van der Waals surface area contributed by atoms with Crippen LogP contribution in [0.25, 0.3) is 0 Å². The first-order valence-corrected chi connectivity index (χ1v) is 6.46. The van der Waals surface area contributed by atoms with Crippen molar-refractivity contribution in [3.63, 3.8) is 0 Å². The molecule has 0 bridgehead atoms. The molecule has 0 fully saturated rings. The van der Waals surface area contributed by atoms with Crippen LogP contribution < -0.4 is 10.1 Å². The number of nitrogens with one attached hydrogen (secondary N) is 2. The Morgan fingerprint density at radius 3 is 2.90 bits per heavy atom. The predicted molar refractivity (Wildman–Crippen MR) is 74.5 cm³/mol. The van der Waals surface area contributed by atoms with Crippen LogP contribution in [0, 0.1) is 13.8 Å². The topological polar surface area (TPSA) is 79.9 Å². The Hall–Kier alpha value is -2.37. The molecule has 0 atom stereocenters. The molecular formula is C14H18N4O2. The quantitative estimate of drug-likeness (QED) is 0.828. The molecule has 2 aromatic rings. The Labute approximate surface area is 117 Å². The van der Waals surface area contributed by atoms with Crippen LogP contribution >= 0.6 is 0 Å². The smallest absolute Gasteiger partial charge is 0.257 e. The van der Waals surface area contributed by atoms with Gasteiger partial charge >= 0.3 is 0 Å². The van der Waals surface area contributed by atoms with Gasteiger partial charge < -0.3 is 10.1 Å². The number of aromatic amines is 1. The summed E-state index contributed by atoms with van der Waals surface area (Å²) in [5, 5.41) is 9.24. The lowest BCUT2D eigenvalue weighted by atomic mass is 10.1. The van der Waals surface area contributed by atoms with Crippen molar-refractivity contribution in [2.75, 3.05) is 13.2 Å². The number of ether oxygens (including phenoxy) is 1. The van der Waals surface area contributed by atoms with Gasteiger partial charge in [-0.25, -0.2) is 4.98 Å². The number of carbonyl (C=O) groups is 1. The van der Waals surface area contributed by atoms with Gasteiger partial charge in [0.25, 0.3) is 5.91 Å². The zero-order valence-corrected chi connectivity index (χ0v) is 11.6. The average Bonchev–Trinajstić information content (AvgIpc) is 2.93. The number of hydrogen-bond acceptors (Lipinski definition) is 4. The summed E-state index contributed by atoms with van der Waals surface area (Å²) in [4.78, 5) is 15.6. The molecule has 1 aromatic carbocycles.